The van der Waals surface area contributed by atoms with Crippen molar-refractivity contribution >= 4 is 53.3 Å². The number of carboxylic acids is 1. The molecule has 2 saturated heterocycles. The van der Waals surface area contributed by atoms with Gasteiger partial charge in [0.2, 0.25) is 23.6 Å². The van der Waals surface area contributed by atoms with Crippen LogP contribution in [-0.4, -0.2) is 132 Å². The predicted octanol–water partition coefficient (Wildman–Crippen LogP) is 7.77. The summed E-state index contributed by atoms with van der Waals surface area (Å²) < 4.78 is 5.24. The van der Waals surface area contributed by atoms with E-state index < -0.39 is 41.5 Å². The van der Waals surface area contributed by atoms with Gasteiger partial charge < -0.3 is 46.2 Å². The first-order chi connectivity index (χ1) is 42.3. The number of aromatic carboxylic acids is 1. The molecule has 0 aromatic heterocycles. The number of likely N-dealkylation sites (tertiary alicyclic amines) is 2. The average Bonchev–Trinajstić information content (AvgIpc) is 2.98. The van der Waals surface area contributed by atoms with E-state index in [0.717, 1.165) is 100 Å². The molecule has 3 aliphatic carbocycles. The van der Waals surface area contributed by atoms with Crippen molar-refractivity contribution in [1.29, 1.82) is 0 Å². The smallest absolute Gasteiger partial charge is 0.335 e. The summed E-state index contributed by atoms with van der Waals surface area (Å²) in [5.74, 6) is -6.32. The van der Waals surface area contributed by atoms with Crippen LogP contribution in [0.3, 0.4) is 0 Å². The van der Waals surface area contributed by atoms with Crippen molar-refractivity contribution in [3.05, 3.63) is 178 Å². The van der Waals surface area contributed by atoms with Gasteiger partial charge in [-0.05, 0) is 97.3 Å². The van der Waals surface area contributed by atoms with Gasteiger partial charge >= 0.3 is 11.9 Å². The quantitative estimate of drug-likeness (QED) is 0.0199. The third-order valence-corrected chi connectivity index (χ3v) is 17.9. The van der Waals surface area contributed by atoms with Gasteiger partial charge in [0.25, 0.3) is 17.7 Å². The Morgan fingerprint density at radius 2 is 0.747 bits per heavy atom. The fourth-order valence-electron chi connectivity index (χ4n) is 12.5. The van der Waals surface area contributed by atoms with Crippen LogP contribution < -0.4 is 26.6 Å². The number of unbranched alkanes of at least 4 members (excludes halogenated alkanes) is 9. The predicted molar refractivity (Wildman–Crippen MR) is 325 cm³/mol. The number of ether oxygens (including phenoxy) is 1. The Labute approximate surface area is 507 Å². The molecule has 18 nitrogen and oxygen atoms in total. The van der Waals surface area contributed by atoms with Gasteiger partial charge in [0, 0.05) is 85.3 Å². The number of amides is 7. The molecule has 5 aromatic rings. The Balaban J connectivity index is 0.665. The number of benzene rings is 5. The lowest BCUT2D eigenvalue weighted by atomic mass is 9.94. The lowest BCUT2D eigenvalue weighted by Crippen LogP contribution is -2.43. The number of nitrogens with zero attached hydrogens (tertiary/aromatic N) is 2. The molecule has 18 heteroatoms. The summed E-state index contributed by atoms with van der Waals surface area (Å²) in [5, 5.41) is 24.1. The van der Waals surface area contributed by atoms with E-state index in [2.05, 4.69) is 50.8 Å². The van der Waals surface area contributed by atoms with Crippen LogP contribution in [0.2, 0.25) is 0 Å². The maximum atomic E-state index is 14.3. The van der Waals surface area contributed by atoms with E-state index in [4.69, 9.17) is 9.84 Å². The molecule has 10 rings (SSSR count). The largest absolute Gasteiger partial charge is 0.478 e. The van der Waals surface area contributed by atoms with Gasteiger partial charge in [-0.3, -0.25) is 38.4 Å². The number of nitrogens with one attached hydrogen (secondary N) is 5. The van der Waals surface area contributed by atoms with E-state index in [1.165, 1.54) is 24.3 Å². The van der Waals surface area contributed by atoms with E-state index in [0.29, 0.717) is 17.7 Å². The summed E-state index contributed by atoms with van der Waals surface area (Å²) in [5.41, 5.74) is 4.36. The van der Waals surface area contributed by atoms with Gasteiger partial charge in [-0.2, -0.15) is 0 Å². The minimum absolute atomic E-state index is 0.0519. The highest BCUT2D eigenvalue weighted by molar-refractivity contribution is 6.01. The first kappa shape index (κ1) is 61.4. The highest BCUT2D eigenvalue weighted by Crippen LogP contribution is 2.44. The Morgan fingerprint density at radius 3 is 1.14 bits per heavy atom. The summed E-state index contributed by atoms with van der Waals surface area (Å²) in [7, 11) is 0. The maximum absolute atomic E-state index is 14.3. The van der Waals surface area contributed by atoms with E-state index in [1.54, 1.807) is 34.1 Å². The van der Waals surface area contributed by atoms with Gasteiger partial charge in [-0.25, -0.2) is 4.79 Å². The van der Waals surface area contributed by atoms with Crippen molar-refractivity contribution in [1.82, 2.24) is 36.4 Å². The summed E-state index contributed by atoms with van der Waals surface area (Å²) >= 11 is 0. The van der Waals surface area contributed by atoms with Crippen molar-refractivity contribution in [2.75, 3.05) is 45.9 Å². The zero-order valence-corrected chi connectivity index (χ0v) is 49.1. The molecule has 6 N–H and O–H groups in total. The van der Waals surface area contributed by atoms with Crippen LogP contribution in [0.15, 0.2) is 140 Å². The topological polar surface area (TPSA) is 250 Å². The highest BCUT2D eigenvalue weighted by Gasteiger charge is 2.50. The van der Waals surface area contributed by atoms with Crippen LogP contribution in [-0.2, 0) is 28.7 Å². The SMILES string of the molecule is O=C(CNC(=O)c1ccc(C(=O)O)cc1)OCCCCCCCCCCCCNC(=O)[C@@H]1CN(C(=O)c2ccc(C(=O)N3C[C@@H](C(=O)N[C@H]4C[C@@H]4c4ccccc4)[C@H](C(=O)N[C@H]4C[C@@H]4c4ccccc4)C3)cc2)C[C@H]1C(=O)N[C@H]1C[C@@H]1c1ccccc1. The van der Waals surface area contributed by atoms with E-state index >= 15 is 0 Å². The molecule has 2 aliphatic heterocycles. The molecule has 2 heterocycles. The highest BCUT2D eigenvalue weighted by atomic mass is 16.5. The van der Waals surface area contributed by atoms with Crippen molar-refractivity contribution in [2.24, 2.45) is 23.7 Å². The monoisotopic (exact) mass is 1180 g/mol. The summed E-state index contributed by atoms with van der Waals surface area (Å²) in [6, 6.07) is 41.6. The van der Waals surface area contributed by atoms with Crippen LogP contribution in [0.25, 0.3) is 0 Å². The molecular formula is C69H79N7O11. The zero-order chi connectivity index (χ0) is 60.8. The van der Waals surface area contributed by atoms with Crippen LogP contribution in [0.4, 0.5) is 0 Å². The van der Waals surface area contributed by atoms with Gasteiger partial charge in [0.05, 0.1) is 35.8 Å². The van der Waals surface area contributed by atoms with Crippen LogP contribution in [0.5, 0.6) is 0 Å². The molecule has 10 atom stereocenters. The van der Waals surface area contributed by atoms with E-state index in [1.807, 2.05) is 66.7 Å². The summed E-state index contributed by atoms with van der Waals surface area (Å²) in [4.78, 5) is 123. The molecule has 456 valence electrons. The Bertz CT molecular complexity index is 3160. The average molecular weight is 1180 g/mol. The number of rotatable bonds is 29. The van der Waals surface area contributed by atoms with Gasteiger partial charge in [0.15, 0.2) is 0 Å². The van der Waals surface area contributed by atoms with Gasteiger partial charge in [0.1, 0.15) is 6.54 Å². The van der Waals surface area contributed by atoms with Crippen molar-refractivity contribution < 1.29 is 53.0 Å². The second kappa shape index (κ2) is 29.1. The Hall–Kier alpha value is -8.67. The lowest BCUT2D eigenvalue weighted by Gasteiger charge is -2.18. The fourth-order valence-corrected chi connectivity index (χ4v) is 12.5. The van der Waals surface area contributed by atoms with E-state index in [-0.39, 0.29) is 122 Å². The minimum Gasteiger partial charge on any atom is -0.478 e. The second-order valence-corrected chi connectivity index (χ2v) is 24.1. The third-order valence-electron chi connectivity index (χ3n) is 17.9. The molecule has 3 saturated carbocycles. The molecule has 5 fully saturated rings. The van der Waals surface area contributed by atoms with E-state index in [9.17, 15) is 43.2 Å². The molecule has 5 aromatic carbocycles. The number of carboxylic acid groups (broad SMARTS) is 1. The van der Waals surface area contributed by atoms with Crippen molar-refractivity contribution in [2.45, 2.75) is 119 Å². The first-order valence-electron chi connectivity index (χ1n) is 31.1. The first-order valence-corrected chi connectivity index (χ1v) is 31.1. The number of carbonyl (C=O) groups excluding carboxylic acids is 8. The van der Waals surface area contributed by atoms with Crippen LogP contribution >= 0.6 is 0 Å². The maximum Gasteiger partial charge on any atom is 0.335 e. The fraction of sp³-hybridized carbons (Fsp3) is 0.435. The molecule has 0 radical (unpaired) electrons. The normalized spacial score (nSPS) is 23.2. The molecule has 7 amide bonds. The van der Waals surface area contributed by atoms with Crippen LogP contribution in [0.1, 0.15) is 159 Å². The zero-order valence-electron chi connectivity index (χ0n) is 49.1. The standard InChI is InChI=1S/C69H79N7O11/c77-61(39-71-62(78)47-26-32-50(33-27-47)69(85)86)87-35-19-8-6-4-2-1-3-5-7-18-34-70-63(79)54-40-75(41-55(54)64(80)72-58-36-51(58)44-20-12-9-13-21-44)67(83)48-28-30-49(31-29-48)68(84)76-42-56(65(81)73-59-37-52(59)45-22-14-10-15-23-45)57(43-76)66(82)74-60-38-53(60)46-24-16-11-17-25-46/h9-17,20-33,51-60H,1-8,18-19,34-43H2,(H,70,79)(H,71,78)(H,72,80)(H,73,81)(H,74,82)(H,85,86)/t51-,52-,53-,54-,55-,56-,57-,58+,59+,60+/m1/s1. The molecular weight excluding hydrogens is 1100 g/mol. The molecule has 87 heavy (non-hydrogen) atoms. The Morgan fingerprint density at radius 1 is 0.402 bits per heavy atom. The van der Waals surface area contributed by atoms with Crippen molar-refractivity contribution in [3.63, 3.8) is 0 Å². The number of carbonyl (C=O) groups is 9. The Kier molecular flexibility index (Phi) is 20.6. The number of hydrogen-bond acceptors (Lipinski definition) is 10. The number of esters is 1. The molecule has 5 aliphatic rings. The lowest BCUT2D eigenvalue weighted by molar-refractivity contribution is -0.142. The van der Waals surface area contributed by atoms with Gasteiger partial charge in [-0.15, -0.1) is 0 Å². The number of hydrogen-bond donors (Lipinski definition) is 6. The van der Waals surface area contributed by atoms with Gasteiger partial charge in [-0.1, -0.05) is 142 Å². The summed E-state index contributed by atoms with van der Waals surface area (Å²) in [6.07, 6.45) is 12.1. The molecule has 0 spiro atoms. The molecule has 0 bridgehead atoms. The second-order valence-electron chi connectivity index (χ2n) is 24.1. The summed E-state index contributed by atoms with van der Waals surface area (Å²) in [6.45, 7) is 0.670. The van der Waals surface area contributed by atoms with Crippen molar-refractivity contribution in [3.8, 4) is 0 Å². The molecule has 0 unspecified atom stereocenters. The minimum atomic E-state index is -1.09. The van der Waals surface area contributed by atoms with Crippen LogP contribution in [0, 0.1) is 23.7 Å². The third kappa shape index (κ3) is 16.4.